The Kier molecular flexibility index (Phi) is 6.14. The first-order chi connectivity index (χ1) is 15.6. The van der Waals surface area contributed by atoms with Crippen LogP contribution < -0.4 is 24.7 Å². The predicted octanol–water partition coefficient (Wildman–Crippen LogP) is 2.91. The number of anilines is 2. The third-order valence-electron chi connectivity index (χ3n) is 5.72. The van der Waals surface area contributed by atoms with E-state index < -0.39 is 0 Å². The summed E-state index contributed by atoms with van der Waals surface area (Å²) in [5.74, 6) is 1.27. The number of ether oxygens (including phenoxy) is 2. The van der Waals surface area contributed by atoms with Crippen molar-refractivity contribution < 1.29 is 9.47 Å². The Bertz CT molecular complexity index is 1110. The third kappa shape index (κ3) is 4.30. The second kappa shape index (κ2) is 9.32. The van der Waals surface area contributed by atoms with Gasteiger partial charge in [-0.1, -0.05) is 0 Å². The number of nitrogens with zero attached hydrogens (tertiary/aromatic N) is 5. The van der Waals surface area contributed by atoms with Crippen LogP contribution in [0.25, 0.3) is 0 Å². The fraction of sp³-hybridized carbons (Fsp3) is 0.292. The second-order valence-electron chi connectivity index (χ2n) is 7.60. The van der Waals surface area contributed by atoms with Crippen molar-refractivity contribution in [1.82, 2.24) is 5.43 Å². The number of hydrogen-bond acceptors (Lipinski definition) is 8. The molecule has 8 heteroatoms. The van der Waals surface area contributed by atoms with Gasteiger partial charge in [-0.2, -0.15) is 15.6 Å². The van der Waals surface area contributed by atoms with Gasteiger partial charge in [0, 0.05) is 17.9 Å². The molecular weight excluding hydrogens is 404 g/mol. The lowest BCUT2D eigenvalue weighted by Crippen LogP contribution is -2.23. The minimum absolute atomic E-state index is 0.310. The van der Waals surface area contributed by atoms with Crippen molar-refractivity contribution in [3.63, 3.8) is 0 Å². The summed E-state index contributed by atoms with van der Waals surface area (Å²) in [5.41, 5.74) is 7.26. The highest BCUT2D eigenvalue weighted by atomic mass is 16.5. The molecule has 0 spiro atoms. The van der Waals surface area contributed by atoms with Crippen LogP contribution in [0.15, 0.2) is 64.9 Å². The Morgan fingerprint density at radius 3 is 2.00 bits per heavy atom. The normalized spacial score (nSPS) is 19.1. The molecule has 1 atom stereocenters. The number of hydrazone groups is 1. The fourth-order valence-corrected chi connectivity index (χ4v) is 3.86. The molecule has 1 fully saturated rings. The van der Waals surface area contributed by atoms with E-state index >= 15 is 0 Å². The third-order valence-corrected chi connectivity index (χ3v) is 5.72. The minimum Gasteiger partial charge on any atom is -0.497 e. The first-order valence-corrected chi connectivity index (χ1v) is 10.3. The summed E-state index contributed by atoms with van der Waals surface area (Å²) < 4.78 is 10.4. The molecule has 2 aliphatic heterocycles. The van der Waals surface area contributed by atoms with Crippen LogP contribution in [-0.2, 0) is 0 Å². The van der Waals surface area contributed by atoms with Gasteiger partial charge in [0.25, 0.3) is 0 Å². The standard InChI is InChI=1S/C24H24N6O2/c1-31-21-7-3-19(4-8-21)29-13-17(11-25)23(15-29)27-28-24-16-30(14-18(24)12-26)20-5-9-22(32-2)10-6-20/h3-10,17,28H,13-16H2,1-2H3/b27-23+. The van der Waals surface area contributed by atoms with Crippen LogP contribution in [-0.4, -0.2) is 46.1 Å². The molecule has 2 aliphatic rings. The number of hydrogen-bond donors (Lipinski definition) is 1. The molecule has 32 heavy (non-hydrogen) atoms. The van der Waals surface area contributed by atoms with Gasteiger partial charge in [-0.25, -0.2) is 0 Å². The molecule has 1 saturated heterocycles. The zero-order valence-electron chi connectivity index (χ0n) is 18.1. The lowest BCUT2D eigenvalue weighted by Gasteiger charge is -2.18. The highest BCUT2D eigenvalue weighted by molar-refractivity contribution is 5.96. The van der Waals surface area contributed by atoms with Gasteiger partial charge in [-0.3, -0.25) is 5.43 Å². The SMILES string of the molecule is COc1ccc(N2CC(C#N)=C(N/N=C3\CN(c4ccc(OC)cc4)CC3C#N)C2)cc1. The smallest absolute Gasteiger partial charge is 0.119 e. The van der Waals surface area contributed by atoms with E-state index in [-0.39, 0.29) is 5.92 Å². The zero-order chi connectivity index (χ0) is 22.5. The van der Waals surface area contributed by atoms with Gasteiger partial charge in [0.1, 0.15) is 17.4 Å². The average molecular weight is 428 g/mol. The maximum absolute atomic E-state index is 9.62. The van der Waals surface area contributed by atoms with E-state index in [4.69, 9.17) is 9.47 Å². The zero-order valence-corrected chi connectivity index (χ0v) is 18.1. The molecule has 2 aromatic rings. The highest BCUT2D eigenvalue weighted by Crippen LogP contribution is 2.27. The predicted molar refractivity (Wildman–Crippen MR) is 123 cm³/mol. The lowest BCUT2D eigenvalue weighted by atomic mass is 10.1. The van der Waals surface area contributed by atoms with Crippen LogP contribution in [0.1, 0.15) is 0 Å². The van der Waals surface area contributed by atoms with Gasteiger partial charge >= 0.3 is 0 Å². The highest BCUT2D eigenvalue weighted by Gasteiger charge is 2.30. The molecule has 1 N–H and O–H groups in total. The molecule has 2 heterocycles. The molecule has 162 valence electrons. The number of nitriles is 2. The van der Waals surface area contributed by atoms with Gasteiger partial charge in [0.15, 0.2) is 0 Å². The summed E-state index contributed by atoms with van der Waals surface area (Å²) in [5, 5.41) is 23.8. The number of nitrogens with one attached hydrogen (secondary N) is 1. The first kappa shape index (κ1) is 21.1. The molecule has 0 aliphatic carbocycles. The molecule has 0 radical (unpaired) electrons. The molecule has 0 amide bonds. The van der Waals surface area contributed by atoms with Crippen molar-refractivity contribution in [2.75, 3.05) is 50.2 Å². The molecule has 2 aromatic carbocycles. The second-order valence-corrected chi connectivity index (χ2v) is 7.60. The Balaban J connectivity index is 1.45. The number of methoxy groups -OCH3 is 2. The van der Waals surface area contributed by atoms with E-state index in [1.165, 1.54) is 0 Å². The van der Waals surface area contributed by atoms with Crippen molar-refractivity contribution in [3.8, 4) is 23.6 Å². The molecule has 8 nitrogen and oxygen atoms in total. The van der Waals surface area contributed by atoms with Crippen molar-refractivity contribution in [2.24, 2.45) is 11.0 Å². The quantitative estimate of drug-likeness (QED) is 0.707. The van der Waals surface area contributed by atoms with E-state index in [0.29, 0.717) is 31.8 Å². The summed E-state index contributed by atoms with van der Waals surface area (Å²) >= 11 is 0. The van der Waals surface area contributed by atoms with Gasteiger partial charge in [0.05, 0.1) is 63.0 Å². The molecular formula is C24H24N6O2. The Labute approximate surface area is 187 Å². The maximum Gasteiger partial charge on any atom is 0.119 e. The van der Waals surface area contributed by atoms with Gasteiger partial charge < -0.3 is 19.3 Å². The van der Waals surface area contributed by atoms with Crippen molar-refractivity contribution in [3.05, 3.63) is 59.8 Å². The topological polar surface area (TPSA) is 96.9 Å². The molecule has 4 rings (SSSR count). The minimum atomic E-state index is -0.310. The van der Waals surface area contributed by atoms with Crippen molar-refractivity contribution >= 4 is 17.1 Å². The van der Waals surface area contributed by atoms with Gasteiger partial charge in [-0.05, 0) is 48.5 Å². The van der Waals surface area contributed by atoms with Gasteiger partial charge in [0.2, 0.25) is 0 Å². The van der Waals surface area contributed by atoms with Crippen LogP contribution >= 0.6 is 0 Å². The molecule has 0 aromatic heterocycles. The number of rotatable bonds is 6. The largest absolute Gasteiger partial charge is 0.497 e. The summed E-state index contributed by atoms with van der Waals surface area (Å²) in [6.07, 6.45) is 0. The Hall–Kier alpha value is -4.17. The van der Waals surface area contributed by atoms with Crippen LogP contribution in [0.5, 0.6) is 11.5 Å². The first-order valence-electron chi connectivity index (χ1n) is 10.3. The lowest BCUT2D eigenvalue weighted by molar-refractivity contribution is 0.414. The Morgan fingerprint density at radius 2 is 1.47 bits per heavy atom. The Morgan fingerprint density at radius 1 is 0.875 bits per heavy atom. The van der Waals surface area contributed by atoms with Crippen molar-refractivity contribution in [1.29, 1.82) is 10.5 Å². The average Bonchev–Trinajstić information content (AvgIpc) is 3.46. The van der Waals surface area contributed by atoms with E-state index in [1.807, 2.05) is 48.5 Å². The van der Waals surface area contributed by atoms with E-state index in [2.05, 4.69) is 32.5 Å². The summed E-state index contributed by atoms with van der Waals surface area (Å²) in [6.45, 7) is 2.18. The van der Waals surface area contributed by atoms with E-state index in [0.717, 1.165) is 34.3 Å². The summed E-state index contributed by atoms with van der Waals surface area (Å²) in [7, 11) is 3.27. The molecule has 0 saturated carbocycles. The number of benzene rings is 2. The molecule has 1 unspecified atom stereocenters. The van der Waals surface area contributed by atoms with E-state index in [1.54, 1.807) is 14.2 Å². The van der Waals surface area contributed by atoms with Crippen LogP contribution in [0.2, 0.25) is 0 Å². The van der Waals surface area contributed by atoms with Crippen LogP contribution in [0, 0.1) is 28.6 Å². The summed E-state index contributed by atoms with van der Waals surface area (Å²) in [4.78, 5) is 4.21. The van der Waals surface area contributed by atoms with E-state index in [9.17, 15) is 10.5 Å². The fourth-order valence-electron chi connectivity index (χ4n) is 3.86. The monoisotopic (exact) mass is 428 g/mol. The van der Waals surface area contributed by atoms with Crippen LogP contribution in [0.4, 0.5) is 11.4 Å². The van der Waals surface area contributed by atoms with Crippen molar-refractivity contribution in [2.45, 2.75) is 0 Å². The van der Waals surface area contributed by atoms with Crippen LogP contribution in [0.3, 0.4) is 0 Å². The van der Waals surface area contributed by atoms with Gasteiger partial charge in [-0.15, -0.1) is 0 Å². The molecule has 0 bridgehead atoms. The maximum atomic E-state index is 9.62. The summed E-state index contributed by atoms with van der Waals surface area (Å²) in [6, 6.07) is 20.1.